The number of thiazole rings is 1. The topological polar surface area (TPSA) is 68.5 Å². The van der Waals surface area contributed by atoms with Crippen LogP contribution >= 0.6 is 34.5 Å². The smallest absolute Gasteiger partial charge is 0.281 e. The number of carbonyl (C=O) groups excluding carboxylic acids is 1. The summed E-state index contributed by atoms with van der Waals surface area (Å²) >= 11 is 13.3. The molecule has 5 nitrogen and oxygen atoms in total. The third-order valence-corrected chi connectivity index (χ3v) is 6.60. The van der Waals surface area contributed by atoms with Gasteiger partial charge in [-0.1, -0.05) is 41.5 Å². The van der Waals surface area contributed by atoms with E-state index in [0.717, 1.165) is 22.9 Å². The van der Waals surface area contributed by atoms with Crippen LogP contribution in [0.25, 0.3) is 10.2 Å². The Kier molecular flexibility index (Phi) is 5.76. The minimum Gasteiger partial charge on any atom is -0.316 e. The van der Waals surface area contributed by atoms with Crippen molar-refractivity contribution in [3.05, 3.63) is 56.8 Å². The molecule has 0 aliphatic carbocycles. The van der Waals surface area contributed by atoms with Crippen molar-refractivity contribution in [2.75, 3.05) is 6.26 Å². The normalized spacial score (nSPS) is 12.7. The maximum atomic E-state index is 12.6. The fourth-order valence-electron chi connectivity index (χ4n) is 2.62. The predicted molar refractivity (Wildman–Crippen MR) is 110 cm³/mol. The van der Waals surface area contributed by atoms with Crippen molar-refractivity contribution in [1.29, 1.82) is 0 Å². The molecule has 0 saturated carbocycles. The van der Waals surface area contributed by atoms with Crippen molar-refractivity contribution < 1.29 is 13.2 Å². The Labute approximate surface area is 170 Å². The Balaban J connectivity index is 2.20. The van der Waals surface area contributed by atoms with E-state index in [-0.39, 0.29) is 15.5 Å². The number of aromatic nitrogens is 1. The fourth-order valence-corrected chi connectivity index (χ4v) is 4.80. The van der Waals surface area contributed by atoms with E-state index in [9.17, 15) is 13.2 Å². The van der Waals surface area contributed by atoms with Crippen LogP contribution in [0.2, 0.25) is 10.0 Å². The summed E-state index contributed by atoms with van der Waals surface area (Å²) in [5.74, 6) is -0.498. The third-order valence-electron chi connectivity index (χ3n) is 3.89. The maximum absolute atomic E-state index is 12.6. The van der Waals surface area contributed by atoms with Crippen molar-refractivity contribution in [3.8, 4) is 0 Å². The number of amides is 1. The van der Waals surface area contributed by atoms with Gasteiger partial charge in [-0.2, -0.15) is 4.99 Å². The average molecular weight is 443 g/mol. The molecular weight excluding hydrogens is 427 g/mol. The highest BCUT2D eigenvalue weighted by Gasteiger charge is 2.14. The zero-order chi connectivity index (χ0) is 19.8. The van der Waals surface area contributed by atoms with Gasteiger partial charge in [-0.25, -0.2) is 8.42 Å². The number of benzene rings is 2. The van der Waals surface area contributed by atoms with Crippen LogP contribution in [0.1, 0.15) is 23.7 Å². The van der Waals surface area contributed by atoms with Gasteiger partial charge in [0.2, 0.25) is 0 Å². The number of sulfone groups is 1. The van der Waals surface area contributed by atoms with Gasteiger partial charge in [-0.15, -0.1) is 0 Å². The number of rotatable bonds is 4. The van der Waals surface area contributed by atoms with E-state index >= 15 is 0 Å². The molecule has 3 rings (SSSR count). The Hall–Kier alpha value is -1.67. The first-order valence-electron chi connectivity index (χ1n) is 8.08. The van der Waals surface area contributed by atoms with Crippen molar-refractivity contribution in [2.45, 2.75) is 24.8 Å². The van der Waals surface area contributed by atoms with Crippen molar-refractivity contribution in [1.82, 2.24) is 4.57 Å². The molecule has 0 unspecified atom stereocenters. The minimum absolute atomic E-state index is 0.224. The molecule has 0 atom stereocenters. The molecular formula is C18H16Cl2N2O3S2. The lowest BCUT2D eigenvalue weighted by molar-refractivity contribution is 0.0998. The maximum Gasteiger partial charge on any atom is 0.281 e. The van der Waals surface area contributed by atoms with Crippen LogP contribution in [0, 0.1) is 0 Å². The average Bonchev–Trinajstić information content (AvgIpc) is 2.93. The molecule has 1 amide bonds. The van der Waals surface area contributed by atoms with Gasteiger partial charge in [-0.3, -0.25) is 4.79 Å². The zero-order valence-electron chi connectivity index (χ0n) is 14.6. The standard InChI is InChI=1S/C18H16Cl2N2O3S2/c1-3-8-22-15-7-5-12(27(2,24)25)10-16(15)26-18(22)21-17(23)13-9-11(19)4-6-14(13)20/h4-7,9-10H,3,8H2,1-2H3. The molecule has 0 N–H and O–H groups in total. The Bertz CT molecular complexity index is 1210. The van der Waals surface area contributed by atoms with Crippen molar-refractivity contribution in [3.63, 3.8) is 0 Å². The molecule has 0 fully saturated rings. The third kappa shape index (κ3) is 4.27. The highest BCUT2D eigenvalue weighted by Crippen LogP contribution is 2.24. The molecule has 0 radical (unpaired) electrons. The quantitative estimate of drug-likeness (QED) is 0.594. The highest BCUT2D eigenvalue weighted by molar-refractivity contribution is 7.90. The van der Waals surface area contributed by atoms with Gasteiger partial charge in [0.05, 0.1) is 25.7 Å². The Morgan fingerprint density at radius 3 is 2.59 bits per heavy atom. The highest BCUT2D eigenvalue weighted by atomic mass is 35.5. The number of hydrogen-bond acceptors (Lipinski definition) is 4. The van der Waals surface area contributed by atoms with Gasteiger partial charge >= 0.3 is 0 Å². The van der Waals surface area contributed by atoms with Gasteiger partial charge in [-0.05, 0) is 42.8 Å². The van der Waals surface area contributed by atoms with Gasteiger partial charge in [0, 0.05) is 17.8 Å². The number of hydrogen-bond donors (Lipinski definition) is 0. The monoisotopic (exact) mass is 442 g/mol. The van der Waals surface area contributed by atoms with E-state index < -0.39 is 15.7 Å². The molecule has 0 bridgehead atoms. The number of carbonyl (C=O) groups is 1. The van der Waals surface area contributed by atoms with Crippen LogP contribution in [-0.2, 0) is 16.4 Å². The predicted octanol–water partition coefficient (Wildman–Crippen LogP) is 4.56. The number of halogens is 2. The first-order valence-corrected chi connectivity index (χ1v) is 11.5. The van der Waals surface area contributed by atoms with E-state index in [1.807, 2.05) is 11.5 Å². The van der Waals surface area contributed by atoms with Gasteiger partial charge in [0.1, 0.15) is 0 Å². The number of nitrogens with zero attached hydrogens (tertiary/aromatic N) is 2. The second-order valence-electron chi connectivity index (χ2n) is 5.98. The molecule has 142 valence electrons. The van der Waals surface area contributed by atoms with Crippen LogP contribution in [0.4, 0.5) is 0 Å². The summed E-state index contributed by atoms with van der Waals surface area (Å²) in [6.07, 6.45) is 2.00. The number of aryl methyl sites for hydroxylation is 1. The molecule has 2 aromatic carbocycles. The van der Waals surface area contributed by atoms with E-state index in [1.165, 1.54) is 17.4 Å². The van der Waals surface area contributed by atoms with Crippen LogP contribution in [-0.4, -0.2) is 25.1 Å². The first kappa shape index (κ1) is 20.1. The van der Waals surface area contributed by atoms with E-state index in [4.69, 9.17) is 23.2 Å². The van der Waals surface area contributed by atoms with Crippen molar-refractivity contribution in [2.24, 2.45) is 4.99 Å². The molecule has 3 aromatic rings. The molecule has 0 saturated heterocycles. The van der Waals surface area contributed by atoms with Crippen LogP contribution in [0.5, 0.6) is 0 Å². The van der Waals surface area contributed by atoms with Gasteiger partial charge in [0.25, 0.3) is 5.91 Å². The summed E-state index contributed by atoms with van der Waals surface area (Å²) < 4.78 is 26.3. The van der Waals surface area contributed by atoms with E-state index in [0.29, 0.717) is 16.4 Å². The summed E-state index contributed by atoms with van der Waals surface area (Å²) in [7, 11) is -3.32. The SMILES string of the molecule is CCCn1c(=NC(=O)c2cc(Cl)ccc2Cl)sc2cc(S(C)(=O)=O)ccc21. The molecule has 0 aliphatic heterocycles. The first-order chi connectivity index (χ1) is 12.7. The lowest BCUT2D eigenvalue weighted by Crippen LogP contribution is -2.17. The zero-order valence-corrected chi connectivity index (χ0v) is 17.7. The second-order valence-corrected chi connectivity index (χ2v) is 9.85. The minimum atomic E-state index is -3.32. The van der Waals surface area contributed by atoms with E-state index in [1.54, 1.807) is 30.3 Å². The summed E-state index contributed by atoms with van der Waals surface area (Å²) in [6.45, 7) is 2.66. The largest absolute Gasteiger partial charge is 0.316 e. The second kappa shape index (κ2) is 7.75. The van der Waals surface area contributed by atoms with Gasteiger partial charge in [0.15, 0.2) is 14.6 Å². The molecule has 1 heterocycles. The molecule has 1 aromatic heterocycles. The molecule has 0 spiro atoms. The van der Waals surface area contributed by atoms with Crippen LogP contribution in [0.15, 0.2) is 46.3 Å². The summed E-state index contributed by atoms with van der Waals surface area (Å²) in [4.78, 5) is 17.6. The molecule has 0 aliphatic rings. The Morgan fingerprint density at radius 1 is 1.19 bits per heavy atom. The number of fused-ring (bicyclic) bond motifs is 1. The van der Waals surface area contributed by atoms with Crippen molar-refractivity contribution >= 4 is 60.5 Å². The van der Waals surface area contributed by atoms with E-state index in [2.05, 4.69) is 4.99 Å². The lowest BCUT2D eigenvalue weighted by atomic mass is 10.2. The van der Waals surface area contributed by atoms with Gasteiger partial charge < -0.3 is 4.57 Å². The summed E-state index contributed by atoms with van der Waals surface area (Å²) in [6, 6.07) is 9.55. The van der Waals surface area contributed by atoms with Crippen LogP contribution < -0.4 is 4.80 Å². The molecule has 9 heteroatoms. The lowest BCUT2D eigenvalue weighted by Gasteiger charge is -2.04. The Morgan fingerprint density at radius 2 is 1.93 bits per heavy atom. The van der Waals surface area contributed by atoms with Crippen LogP contribution in [0.3, 0.4) is 0 Å². The summed E-state index contributed by atoms with van der Waals surface area (Å²) in [5.41, 5.74) is 1.06. The summed E-state index contributed by atoms with van der Waals surface area (Å²) in [5, 5.41) is 0.671. The molecule has 27 heavy (non-hydrogen) atoms. The fraction of sp³-hybridized carbons (Fsp3) is 0.222.